The fourth-order valence-corrected chi connectivity index (χ4v) is 3.06. The number of carbonyl (C=O) groups excluding carboxylic acids is 2. The van der Waals surface area contributed by atoms with Gasteiger partial charge in [-0.1, -0.05) is 35.9 Å². The lowest BCUT2D eigenvalue weighted by atomic mass is 10.0. The third-order valence-corrected chi connectivity index (χ3v) is 4.96. The summed E-state index contributed by atoms with van der Waals surface area (Å²) in [6.07, 6.45) is 3.51. The first-order valence-corrected chi connectivity index (χ1v) is 9.85. The fraction of sp³-hybridized carbons (Fsp3) is 0.174. The molecule has 154 valence electrons. The van der Waals surface area contributed by atoms with Crippen LogP contribution in [0.25, 0.3) is 0 Å². The maximum atomic E-state index is 12.5. The van der Waals surface area contributed by atoms with Crippen LogP contribution < -0.4 is 11.1 Å². The number of benzene rings is 2. The summed E-state index contributed by atoms with van der Waals surface area (Å²) in [5.74, 6) is -0.238. The molecule has 6 nitrogen and oxygen atoms in total. The Hall–Kier alpha value is -3.22. The highest BCUT2D eigenvalue weighted by Crippen LogP contribution is 2.16. The van der Waals surface area contributed by atoms with Crippen molar-refractivity contribution in [1.82, 2.24) is 9.88 Å². The molecule has 0 bridgehead atoms. The first kappa shape index (κ1) is 21.5. The highest BCUT2D eigenvalue weighted by Gasteiger charge is 2.15. The predicted molar refractivity (Wildman–Crippen MR) is 118 cm³/mol. The van der Waals surface area contributed by atoms with Crippen molar-refractivity contribution in [2.45, 2.75) is 12.5 Å². The zero-order chi connectivity index (χ0) is 21.5. The van der Waals surface area contributed by atoms with E-state index in [0.717, 1.165) is 11.1 Å². The van der Waals surface area contributed by atoms with Gasteiger partial charge >= 0.3 is 0 Å². The van der Waals surface area contributed by atoms with Crippen LogP contribution in [-0.4, -0.2) is 35.3 Å². The molecule has 1 unspecified atom stereocenters. The van der Waals surface area contributed by atoms with Crippen LogP contribution in [0.2, 0.25) is 5.02 Å². The molecule has 1 heterocycles. The van der Waals surface area contributed by atoms with Gasteiger partial charge in [0.15, 0.2) is 0 Å². The summed E-state index contributed by atoms with van der Waals surface area (Å²) in [7, 11) is 1.73. The second-order valence-electron chi connectivity index (χ2n) is 7.00. The van der Waals surface area contributed by atoms with E-state index in [4.69, 9.17) is 17.3 Å². The first-order chi connectivity index (χ1) is 14.4. The van der Waals surface area contributed by atoms with Gasteiger partial charge in [0.1, 0.15) is 0 Å². The minimum atomic E-state index is -0.360. The maximum absolute atomic E-state index is 12.5. The van der Waals surface area contributed by atoms with Gasteiger partial charge in [-0.05, 0) is 47.5 Å². The van der Waals surface area contributed by atoms with E-state index in [1.807, 2.05) is 24.3 Å². The molecule has 2 amide bonds. The fourth-order valence-electron chi connectivity index (χ4n) is 2.93. The third-order valence-electron chi connectivity index (χ3n) is 4.70. The standard InChI is InChI=1S/C23H23ClN4O2/c1-28(22(29)14-16-2-8-19(24)9-3-16)15-21(25)17-4-6-18(7-5-17)23(30)27-20-10-12-26-13-11-20/h2-13,21H,14-15,25H2,1H3,(H,26,27,30). The summed E-state index contributed by atoms with van der Waals surface area (Å²) in [6, 6.07) is 17.4. The van der Waals surface area contributed by atoms with Crippen molar-refractivity contribution >= 4 is 29.1 Å². The predicted octanol–water partition coefficient (Wildman–Crippen LogP) is 3.69. The number of halogens is 1. The normalized spacial score (nSPS) is 11.6. The Morgan fingerprint density at radius 2 is 1.67 bits per heavy atom. The Morgan fingerprint density at radius 3 is 2.30 bits per heavy atom. The number of nitrogens with two attached hydrogens (primary N) is 1. The molecule has 0 aliphatic carbocycles. The average molecular weight is 423 g/mol. The molecule has 0 fully saturated rings. The molecule has 3 rings (SSSR count). The summed E-state index contributed by atoms with van der Waals surface area (Å²) in [4.78, 5) is 30.3. The summed E-state index contributed by atoms with van der Waals surface area (Å²) in [5.41, 5.74) is 9.22. The number of rotatable bonds is 7. The van der Waals surface area contributed by atoms with Crippen molar-refractivity contribution in [2.75, 3.05) is 18.9 Å². The van der Waals surface area contributed by atoms with Gasteiger partial charge in [0.05, 0.1) is 6.42 Å². The van der Waals surface area contributed by atoms with Crippen molar-refractivity contribution in [3.63, 3.8) is 0 Å². The second kappa shape index (κ2) is 10.0. The Balaban J connectivity index is 1.55. The number of anilines is 1. The highest BCUT2D eigenvalue weighted by molar-refractivity contribution is 6.30. The molecule has 0 aliphatic heterocycles. The molecule has 0 saturated heterocycles. The van der Waals surface area contributed by atoms with E-state index in [-0.39, 0.29) is 24.3 Å². The minimum absolute atomic E-state index is 0.0267. The first-order valence-electron chi connectivity index (χ1n) is 9.47. The molecule has 3 N–H and O–H groups in total. The Morgan fingerprint density at radius 1 is 1.03 bits per heavy atom. The average Bonchev–Trinajstić information content (AvgIpc) is 2.76. The van der Waals surface area contributed by atoms with E-state index in [1.54, 1.807) is 60.7 Å². The number of pyridine rings is 1. The molecule has 0 saturated carbocycles. The number of hydrogen-bond donors (Lipinski definition) is 2. The van der Waals surface area contributed by atoms with Crippen LogP contribution in [-0.2, 0) is 11.2 Å². The SMILES string of the molecule is CN(CC(N)c1ccc(C(=O)Nc2ccncc2)cc1)C(=O)Cc1ccc(Cl)cc1. The van der Waals surface area contributed by atoms with E-state index in [9.17, 15) is 9.59 Å². The van der Waals surface area contributed by atoms with Crippen LogP contribution in [0.5, 0.6) is 0 Å². The number of hydrogen-bond acceptors (Lipinski definition) is 4. The van der Waals surface area contributed by atoms with Gasteiger partial charge in [-0.3, -0.25) is 14.6 Å². The van der Waals surface area contributed by atoms with E-state index in [2.05, 4.69) is 10.3 Å². The molecule has 0 spiro atoms. The van der Waals surface area contributed by atoms with Gasteiger partial charge in [0.25, 0.3) is 5.91 Å². The quantitative estimate of drug-likeness (QED) is 0.607. The monoisotopic (exact) mass is 422 g/mol. The molecular weight excluding hydrogens is 400 g/mol. The van der Waals surface area contributed by atoms with Crippen LogP contribution in [0.1, 0.15) is 27.5 Å². The van der Waals surface area contributed by atoms with Crippen LogP contribution >= 0.6 is 11.6 Å². The number of nitrogens with zero attached hydrogens (tertiary/aromatic N) is 2. The summed E-state index contributed by atoms with van der Waals surface area (Å²) in [5, 5.41) is 3.45. The Bertz CT molecular complexity index is 992. The molecular formula is C23H23ClN4O2. The van der Waals surface area contributed by atoms with Gasteiger partial charge in [0, 0.05) is 48.3 Å². The van der Waals surface area contributed by atoms with E-state index in [1.165, 1.54) is 0 Å². The van der Waals surface area contributed by atoms with E-state index in [0.29, 0.717) is 22.8 Å². The van der Waals surface area contributed by atoms with Crippen LogP contribution in [0, 0.1) is 0 Å². The molecule has 7 heteroatoms. The van der Waals surface area contributed by atoms with Crippen molar-refractivity contribution in [2.24, 2.45) is 5.73 Å². The minimum Gasteiger partial charge on any atom is -0.344 e. The smallest absolute Gasteiger partial charge is 0.255 e. The molecule has 2 aromatic carbocycles. The van der Waals surface area contributed by atoms with Crippen molar-refractivity contribution in [1.29, 1.82) is 0 Å². The van der Waals surface area contributed by atoms with Crippen molar-refractivity contribution < 1.29 is 9.59 Å². The summed E-state index contributed by atoms with van der Waals surface area (Å²) in [6.45, 7) is 0.370. The maximum Gasteiger partial charge on any atom is 0.255 e. The molecule has 0 radical (unpaired) electrons. The van der Waals surface area contributed by atoms with Crippen LogP contribution in [0.4, 0.5) is 5.69 Å². The summed E-state index contributed by atoms with van der Waals surface area (Å²) < 4.78 is 0. The molecule has 30 heavy (non-hydrogen) atoms. The number of amides is 2. The largest absolute Gasteiger partial charge is 0.344 e. The van der Waals surface area contributed by atoms with Crippen LogP contribution in [0.3, 0.4) is 0 Å². The summed E-state index contributed by atoms with van der Waals surface area (Å²) >= 11 is 5.88. The van der Waals surface area contributed by atoms with Crippen molar-refractivity contribution in [3.05, 3.63) is 94.8 Å². The molecule has 1 atom stereocenters. The van der Waals surface area contributed by atoms with E-state index >= 15 is 0 Å². The third kappa shape index (κ3) is 5.89. The molecule has 3 aromatic rings. The molecule has 0 aliphatic rings. The highest BCUT2D eigenvalue weighted by atomic mass is 35.5. The van der Waals surface area contributed by atoms with Gasteiger partial charge in [0.2, 0.25) is 5.91 Å². The number of aromatic nitrogens is 1. The lowest BCUT2D eigenvalue weighted by Crippen LogP contribution is -2.35. The van der Waals surface area contributed by atoms with Crippen molar-refractivity contribution in [3.8, 4) is 0 Å². The lowest BCUT2D eigenvalue weighted by molar-refractivity contribution is -0.129. The zero-order valence-electron chi connectivity index (χ0n) is 16.6. The Kier molecular flexibility index (Phi) is 7.17. The number of likely N-dealkylation sites (N-methyl/N-ethyl adjacent to an activating group) is 1. The van der Waals surface area contributed by atoms with Gasteiger partial charge in [-0.25, -0.2) is 0 Å². The van der Waals surface area contributed by atoms with E-state index < -0.39 is 0 Å². The Labute approximate surface area is 180 Å². The zero-order valence-corrected chi connectivity index (χ0v) is 17.3. The van der Waals surface area contributed by atoms with Gasteiger partial charge in [-0.15, -0.1) is 0 Å². The number of nitrogens with one attached hydrogen (secondary N) is 1. The number of carbonyl (C=O) groups is 2. The van der Waals surface area contributed by atoms with Gasteiger partial charge < -0.3 is 16.0 Å². The lowest BCUT2D eigenvalue weighted by Gasteiger charge is -2.22. The second-order valence-corrected chi connectivity index (χ2v) is 7.43. The van der Waals surface area contributed by atoms with Crippen LogP contribution in [0.15, 0.2) is 73.1 Å². The topological polar surface area (TPSA) is 88.3 Å². The van der Waals surface area contributed by atoms with Gasteiger partial charge in [-0.2, -0.15) is 0 Å². The molecule has 1 aromatic heterocycles.